The van der Waals surface area contributed by atoms with Crippen LogP contribution in [-0.4, -0.2) is 14.8 Å². The highest BCUT2D eigenvalue weighted by molar-refractivity contribution is 7.98. The molecule has 2 aromatic carbocycles. The summed E-state index contributed by atoms with van der Waals surface area (Å²) < 4.78 is 2.15. The molecule has 0 aliphatic heterocycles. The van der Waals surface area contributed by atoms with Gasteiger partial charge in [0.05, 0.1) is 10.0 Å². The zero-order valence-corrected chi connectivity index (χ0v) is 17.4. The molecule has 6 heteroatoms. The third kappa shape index (κ3) is 4.25. The largest absolute Gasteiger partial charge is 0.302 e. The lowest BCUT2D eigenvalue weighted by Crippen LogP contribution is -2.00. The fourth-order valence-corrected chi connectivity index (χ4v) is 3.95. The van der Waals surface area contributed by atoms with Gasteiger partial charge in [-0.2, -0.15) is 0 Å². The molecule has 0 fully saturated rings. The Morgan fingerprint density at radius 2 is 1.73 bits per heavy atom. The molecule has 0 bridgehead atoms. The average molecular weight is 406 g/mol. The number of hydrogen-bond donors (Lipinski definition) is 0. The number of halogens is 2. The minimum absolute atomic E-state index is 0.519. The van der Waals surface area contributed by atoms with Gasteiger partial charge in [0, 0.05) is 17.9 Å². The normalized spacial score (nSPS) is 11.3. The van der Waals surface area contributed by atoms with Gasteiger partial charge in [0.15, 0.2) is 11.0 Å². The smallest absolute Gasteiger partial charge is 0.191 e. The van der Waals surface area contributed by atoms with Gasteiger partial charge >= 0.3 is 0 Å². The molecule has 3 rings (SSSR count). The van der Waals surface area contributed by atoms with E-state index in [4.69, 9.17) is 23.2 Å². The van der Waals surface area contributed by atoms with Crippen LogP contribution in [-0.2, 0) is 12.3 Å². The van der Waals surface area contributed by atoms with Gasteiger partial charge < -0.3 is 4.57 Å². The molecule has 1 aromatic heterocycles. The Labute approximate surface area is 168 Å². The van der Waals surface area contributed by atoms with Crippen molar-refractivity contribution in [3.05, 3.63) is 63.6 Å². The van der Waals surface area contributed by atoms with E-state index in [-0.39, 0.29) is 0 Å². The predicted molar refractivity (Wildman–Crippen MR) is 111 cm³/mol. The Kier molecular flexibility index (Phi) is 6.28. The number of thioether (sulfide) groups is 1. The first-order chi connectivity index (χ1) is 12.5. The molecule has 0 atom stereocenters. The van der Waals surface area contributed by atoms with Crippen LogP contribution in [0.25, 0.3) is 11.4 Å². The molecule has 1 heterocycles. The van der Waals surface area contributed by atoms with Crippen LogP contribution in [0.5, 0.6) is 0 Å². The molecule has 0 unspecified atom stereocenters. The van der Waals surface area contributed by atoms with E-state index in [0.717, 1.165) is 34.4 Å². The second-order valence-corrected chi connectivity index (χ2v) is 8.12. The molecule has 3 nitrogen and oxygen atoms in total. The van der Waals surface area contributed by atoms with Gasteiger partial charge in [0.2, 0.25) is 0 Å². The number of rotatable bonds is 6. The third-order valence-corrected chi connectivity index (χ3v) is 6.00. The van der Waals surface area contributed by atoms with E-state index in [1.165, 1.54) is 5.56 Å². The van der Waals surface area contributed by atoms with Gasteiger partial charge in [-0.15, -0.1) is 10.2 Å². The second-order valence-electron chi connectivity index (χ2n) is 6.36. The molecule has 0 aliphatic rings. The van der Waals surface area contributed by atoms with Gasteiger partial charge in [-0.25, -0.2) is 0 Å². The first-order valence-corrected chi connectivity index (χ1v) is 10.3. The Balaban J connectivity index is 1.80. The van der Waals surface area contributed by atoms with Crippen LogP contribution in [0.3, 0.4) is 0 Å². The second kappa shape index (κ2) is 8.47. The molecule has 136 valence electrons. The fraction of sp³-hybridized carbons (Fsp3) is 0.300. The molecule has 0 N–H and O–H groups in total. The van der Waals surface area contributed by atoms with Crippen molar-refractivity contribution < 1.29 is 0 Å². The molecular formula is C20H21Cl2N3S. The van der Waals surface area contributed by atoms with E-state index in [1.54, 1.807) is 11.8 Å². The van der Waals surface area contributed by atoms with Crippen LogP contribution in [0.15, 0.2) is 47.6 Å². The minimum Gasteiger partial charge on any atom is -0.302 e. The van der Waals surface area contributed by atoms with Crippen LogP contribution in [0.2, 0.25) is 10.0 Å². The van der Waals surface area contributed by atoms with Gasteiger partial charge in [-0.05, 0) is 36.1 Å². The van der Waals surface area contributed by atoms with E-state index in [9.17, 15) is 0 Å². The Morgan fingerprint density at radius 3 is 2.35 bits per heavy atom. The van der Waals surface area contributed by atoms with Crippen LogP contribution >= 0.6 is 35.0 Å². The maximum absolute atomic E-state index is 6.10. The van der Waals surface area contributed by atoms with Crippen molar-refractivity contribution in [2.45, 2.75) is 44.1 Å². The lowest BCUT2D eigenvalue weighted by Gasteiger charge is -2.09. The Morgan fingerprint density at radius 1 is 1.00 bits per heavy atom. The predicted octanol–water partition coefficient (Wildman–Crippen LogP) is 6.69. The first kappa shape index (κ1) is 19.3. The average Bonchev–Trinajstić information content (AvgIpc) is 3.05. The van der Waals surface area contributed by atoms with Crippen LogP contribution in [0, 0.1) is 0 Å². The summed E-state index contributed by atoms with van der Waals surface area (Å²) in [6.07, 6.45) is 0. The van der Waals surface area contributed by atoms with Crippen molar-refractivity contribution in [3.63, 3.8) is 0 Å². The Bertz CT molecular complexity index is 889. The number of benzene rings is 2. The summed E-state index contributed by atoms with van der Waals surface area (Å²) in [6, 6.07) is 14.3. The summed E-state index contributed by atoms with van der Waals surface area (Å²) in [5, 5.41) is 10.9. The van der Waals surface area contributed by atoms with E-state index in [0.29, 0.717) is 16.0 Å². The van der Waals surface area contributed by atoms with E-state index in [2.05, 4.69) is 59.8 Å². The van der Waals surface area contributed by atoms with Crippen LogP contribution in [0.4, 0.5) is 0 Å². The summed E-state index contributed by atoms with van der Waals surface area (Å²) >= 11 is 13.7. The monoisotopic (exact) mass is 405 g/mol. The quantitative estimate of drug-likeness (QED) is 0.428. The third-order valence-electron chi connectivity index (χ3n) is 4.22. The number of hydrogen-bond acceptors (Lipinski definition) is 3. The summed E-state index contributed by atoms with van der Waals surface area (Å²) in [7, 11) is 0. The minimum atomic E-state index is 0.519. The molecule has 0 saturated carbocycles. The van der Waals surface area contributed by atoms with Gasteiger partial charge in [-0.1, -0.05) is 79.1 Å². The van der Waals surface area contributed by atoms with Gasteiger partial charge in [-0.3, -0.25) is 0 Å². The van der Waals surface area contributed by atoms with Crippen molar-refractivity contribution in [1.29, 1.82) is 0 Å². The van der Waals surface area contributed by atoms with Gasteiger partial charge in [0.1, 0.15) is 0 Å². The Hall–Kier alpha value is -1.49. The van der Waals surface area contributed by atoms with Gasteiger partial charge in [0.25, 0.3) is 0 Å². The lowest BCUT2D eigenvalue weighted by molar-refractivity contribution is 0.687. The number of nitrogens with zero attached hydrogens (tertiary/aromatic N) is 3. The van der Waals surface area contributed by atoms with E-state index < -0.39 is 0 Å². The van der Waals surface area contributed by atoms with Crippen molar-refractivity contribution in [3.8, 4) is 11.4 Å². The van der Waals surface area contributed by atoms with Crippen LogP contribution < -0.4 is 0 Å². The summed E-state index contributed by atoms with van der Waals surface area (Å²) in [6.45, 7) is 7.32. The zero-order chi connectivity index (χ0) is 18.7. The fourth-order valence-electron chi connectivity index (χ4n) is 2.69. The topological polar surface area (TPSA) is 30.7 Å². The van der Waals surface area contributed by atoms with E-state index >= 15 is 0 Å². The SMILES string of the molecule is CCn1c(SCc2ccc(Cl)c(Cl)c2)nnc1-c1ccc(C(C)C)cc1. The molecule has 0 saturated heterocycles. The summed E-state index contributed by atoms with van der Waals surface area (Å²) in [5.74, 6) is 2.19. The molecular weight excluding hydrogens is 385 g/mol. The maximum Gasteiger partial charge on any atom is 0.191 e. The molecule has 3 aromatic rings. The lowest BCUT2D eigenvalue weighted by atomic mass is 10.0. The van der Waals surface area contributed by atoms with Crippen molar-refractivity contribution >= 4 is 35.0 Å². The highest BCUT2D eigenvalue weighted by atomic mass is 35.5. The highest BCUT2D eigenvalue weighted by Crippen LogP contribution is 2.29. The summed E-state index contributed by atoms with van der Waals surface area (Å²) in [5.41, 5.74) is 3.52. The van der Waals surface area contributed by atoms with E-state index in [1.807, 2.05) is 18.2 Å². The summed E-state index contributed by atoms with van der Waals surface area (Å²) in [4.78, 5) is 0. The zero-order valence-electron chi connectivity index (χ0n) is 15.0. The van der Waals surface area contributed by atoms with Crippen LogP contribution in [0.1, 0.15) is 37.8 Å². The maximum atomic E-state index is 6.10. The number of aromatic nitrogens is 3. The molecule has 0 aliphatic carbocycles. The van der Waals surface area contributed by atoms with Crippen molar-refractivity contribution in [1.82, 2.24) is 14.8 Å². The first-order valence-electron chi connectivity index (χ1n) is 8.59. The molecule has 26 heavy (non-hydrogen) atoms. The van der Waals surface area contributed by atoms with Crippen molar-refractivity contribution in [2.24, 2.45) is 0 Å². The molecule has 0 spiro atoms. The molecule has 0 radical (unpaired) electrons. The highest BCUT2D eigenvalue weighted by Gasteiger charge is 2.14. The van der Waals surface area contributed by atoms with Crippen molar-refractivity contribution in [2.75, 3.05) is 0 Å². The molecule has 0 amide bonds. The standard InChI is InChI=1S/C20H21Cl2N3S/c1-4-25-19(16-8-6-15(7-9-16)13(2)3)23-24-20(25)26-12-14-5-10-17(21)18(22)11-14/h5-11,13H,4,12H2,1-3H3.